The Morgan fingerprint density at radius 2 is 2.07 bits per heavy atom. The minimum Gasteiger partial charge on any atom is -0.328 e. The molecule has 5 heteroatoms. The van der Waals surface area contributed by atoms with Gasteiger partial charge in [0.1, 0.15) is 0 Å². The van der Waals surface area contributed by atoms with E-state index in [9.17, 15) is 13.6 Å². The summed E-state index contributed by atoms with van der Waals surface area (Å²) in [7, 11) is 1.61. The van der Waals surface area contributed by atoms with Crippen molar-refractivity contribution in [3.63, 3.8) is 0 Å². The summed E-state index contributed by atoms with van der Waals surface area (Å²) in [6.45, 7) is 2.35. The van der Waals surface area contributed by atoms with Crippen LogP contribution in [0.2, 0.25) is 0 Å². The third-order valence-corrected chi connectivity index (χ3v) is 1.99. The second-order valence-corrected chi connectivity index (χ2v) is 3.07. The summed E-state index contributed by atoms with van der Waals surface area (Å²) in [4.78, 5) is 12.8. The Morgan fingerprint density at radius 3 is 2.60 bits per heavy atom. The molecule has 0 heterocycles. The van der Waals surface area contributed by atoms with Crippen LogP contribution < -0.4 is 5.32 Å². The molecule has 0 aromatic heterocycles. The number of benzene rings is 1. The van der Waals surface area contributed by atoms with E-state index in [2.05, 4.69) is 5.32 Å². The van der Waals surface area contributed by atoms with Gasteiger partial charge in [-0.3, -0.25) is 0 Å². The second kappa shape index (κ2) is 4.72. The number of carbonyl (C=O) groups is 1. The zero-order valence-electron chi connectivity index (χ0n) is 8.55. The number of rotatable bonds is 2. The van der Waals surface area contributed by atoms with Crippen molar-refractivity contribution < 1.29 is 13.6 Å². The molecule has 0 unspecified atom stereocenters. The number of urea groups is 1. The van der Waals surface area contributed by atoms with Gasteiger partial charge in [-0.25, -0.2) is 13.6 Å². The first-order valence-electron chi connectivity index (χ1n) is 4.51. The molecule has 0 aliphatic heterocycles. The standard InChI is InChI=1S/C10H12F2N2O/c1-3-14(2)10(15)13-7-4-5-8(11)9(12)6-7/h4-6H,3H2,1-2H3,(H,13,15). The van der Waals surface area contributed by atoms with Crippen molar-refractivity contribution in [1.29, 1.82) is 0 Å². The average Bonchev–Trinajstić information content (AvgIpc) is 2.22. The molecule has 0 fully saturated rings. The highest BCUT2D eigenvalue weighted by Crippen LogP contribution is 2.13. The van der Waals surface area contributed by atoms with Crippen LogP contribution in [0, 0.1) is 11.6 Å². The highest BCUT2D eigenvalue weighted by atomic mass is 19.2. The van der Waals surface area contributed by atoms with E-state index in [1.165, 1.54) is 11.0 Å². The first kappa shape index (κ1) is 11.4. The summed E-state index contributed by atoms with van der Waals surface area (Å²) < 4.78 is 25.3. The van der Waals surface area contributed by atoms with E-state index in [1.807, 2.05) is 6.92 Å². The number of nitrogens with zero attached hydrogens (tertiary/aromatic N) is 1. The van der Waals surface area contributed by atoms with Crippen LogP contribution in [0.1, 0.15) is 6.92 Å². The minimum absolute atomic E-state index is 0.235. The van der Waals surface area contributed by atoms with Gasteiger partial charge in [-0.1, -0.05) is 0 Å². The lowest BCUT2D eigenvalue weighted by atomic mass is 10.3. The molecule has 15 heavy (non-hydrogen) atoms. The first-order valence-corrected chi connectivity index (χ1v) is 4.51. The Kier molecular flexibility index (Phi) is 3.60. The zero-order valence-corrected chi connectivity index (χ0v) is 8.55. The van der Waals surface area contributed by atoms with Crippen molar-refractivity contribution in [2.24, 2.45) is 0 Å². The quantitative estimate of drug-likeness (QED) is 0.805. The molecule has 0 atom stereocenters. The molecule has 82 valence electrons. The van der Waals surface area contributed by atoms with Gasteiger partial charge in [0.05, 0.1) is 0 Å². The maximum atomic E-state index is 12.8. The van der Waals surface area contributed by atoms with Crippen LogP contribution in [0.5, 0.6) is 0 Å². The van der Waals surface area contributed by atoms with Crippen LogP contribution in [-0.2, 0) is 0 Å². The van der Waals surface area contributed by atoms with Crippen molar-refractivity contribution in [1.82, 2.24) is 4.90 Å². The largest absolute Gasteiger partial charge is 0.328 e. The molecule has 0 spiro atoms. The van der Waals surface area contributed by atoms with E-state index >= 15 is 0 Å². The Bertz CT molecular complexity index is 368. The number of anilines is 1. The van der Waals surface area contributed by atoms with Gasteiger partial charge in [-0.05, 0) is 19.1 Å². The van der Waals surface area contributed by atoms with Crippen molar-refractivity contribution in [3.8, 4) is 0 Å². The predicted octanol–water partition coefficient (Wildman–Crippen LogP) is 2.45. The van der Waals surface area contributed by atoms with Gasteiger partial charge in [0.15, 0.2) is 11.6 Å². The van der Waals surface area contributed by atoms with E-state index in [4.69, 9.17) is 0 Å². The highest BCUT2D eigenvalue weighted by molar-refractivity contribution is 5.89. The fraction of sp³-hybridized carbons (Fsp3) is 0.300. The number of carbonyl (C=O) groups excluding carboxylic acids is 1. The van der Waals surface area contributed by atoms with Crippen molar-refractivity contribution >= 4 is 11.7 Å². The fourth-order valence-corrected chi connectivity index (χ4v) is 0.936. The number of hydrogen-bond acceptors (Lipinski definition) is 1. The van der Waals surface area contributed by atoms with Gasteiger partial charge < -0.3 is 10.2 Å². The second-order valence-electron chi connectivity index (χ2n) is 3.07. The number of hydrogen-bond donors (Lipinski definition) is 1. The minimum atomic E-state index is -0.980. The van der Waals surface area contributed by atoms with E-state index < -0.39 is 11.6 Å². The average molecular weight is 214 g/mol. The maximum absolute atomic E-state index is 12.8. The Morgan fingerprint density at radius 1 is 1.40 bits per heavy atom. The molecule has 0 radical (unpaired) electrons. The molecule has 0 aliphatic rings. The Hall–Kier alpha value is -1.65. The molecule has 0 saturated carbocycles. The summed E-state index contributed by atoms with van der Waals surface area (Å²) >= 11 is 0. The zero-order chi connectivity index (χ0) is 11.4. The Labute approximate surface area is 86.7 Å². The summed E-state index contributed by atoms with van der Waals surface area (Å²) in [5.74, 6) is -1.91. The summed E-state index contributed by atoms with van der Waals surface area (Å²) in [6.07, 6.45) is 0. The van der Waals surface area contributed by atoms with Crippen molar-refractivity contribution in [3.05, 3.63) is 29.8 Å². The van der Waals surface area contributed by atoms with Gasteiger partial charge in [0.25, 0.3) is 0 Å². The lowest BCUT2D eigenvalue weighted by Crippen LogP contribution is -2.30. The molecule has 0 saturated heterocycles. The molecule has 0 bridgehead atoms. The molecule has 0 aliphatic carbocycles. The lowest BCUT2D eigenvalue weighted by Gasteiger charge is -2.15. The van der Waals surface area contributed by atoms with Crippen molar-refractivity contribution in [2.45, 2.75) is 6.92 Å². The first-order chi connectivity index (χ1) is 7.04. The van der Waals surface area contributed by atoms with Crippen LogP contribution in [0.4, 0.5) is 19.3 Å². The topological polar surface area (TPSA) is 32.3 Å². The molecular formula is C10H12F2N2O. The Balaban J connectivity index is 2.73. The third kappa shape index (κ3) is 2.90. The van der Waals surface area contributed by atoms with Crippen LogP contribution in [-0.4, -0.2) is 24.5 Å². The van der Waals surface area contributed by atoms with Crippen LogP contribution in [0.3, 0.4) is 0 Å². The smallest absolute Gasteiger partial charge is 0.321 e. The molecule has 3 nitrogen and oxygen atoms in total. The van der Waals surface area contributed by atoms with Gasteiger partial charge in [0.2, 0.25) is 0 Å². The number of halogens is 2. The van der Waals surface area contributed by atoms with Gasteiger partial charge in [-0.15, -0.1) is 0 Å². The normalized spacial score (nSPS) is 9.87. The number of amides is 2. The maximum Gasteiger partial charge on any atom is 0.321 e. The predicted molar refractivity (Wildman–Crippen MR) is 53.7 cm³/mol. The van der Waals surface area contributed by atoms with Crippen LogP contribution >= 0.6 is 0 Å². The van der Waals surface area contributed by atoms with E-state index in [1.54, 1.807) is 7.05 Å². The van der Waals surface area contributed by atoms with Crippen LogP contribution in [0.25, 0.3) is 0 Å². The molecule has 1 N–H and O–H groups in total. The summed E-state index contributed by atoms with van der Waals surface area (Å²) in [5, 5.41) is 2.44. The fourth-order valence-electron chi connectivity index (χ4n) is 0.936. The molecule has 1 aromatic carbocycles. The van der Waals surface area contributed by atoms with Gasteiger partial charge in [0, 0.05) is 25.3 Å². The summed E-state index contributed by atoms with van der Waals surface area (Å²) in [6, 6.07) is 2.86. The van der Waals surface area contributed by atoms with E-state index in [0.717, 1.165) is 12.1 Å². The molecule has 2 amide bonds. The van der Waals surface area contributed by atoms with Crippen LogP contribution in [0.15, 0.2) is 18.2 Å². The SMILES string of the molecule is CCN(C)C(=O)Nc1ccc(F)c(F)c1. The van der Waals surface area contributed by atoms with Gasteiger partial charge >= 0.3 is 6.03 Å². The number of nitrogens with one attached hydrogen (secondary N) is 1. The van der Waals surface area contributed by atoms with Gasteiger partial charge in [-0.2, -0.15) is 0 Å². The lowest BCUT2D eigenvalue weighted by molar-refractivity contribution is 0.224. The third-order valence-electron chi connectivity index (χ3n) is 1.99. The van der Waals surface area contributed by atoms with E-state index in [0.29, 0.717) is 6.54 Å². The highest BCUT2D eigenvalue weighted by Gasteiger charge is 2.08. The molecule has 1 rings (SSSR count). The van der Waals surface area contributed by atoms with Crippen molar-refractivity contribution in [2.75, 3.05) is 18.9 Å². The monoisotopic (exact) mass is 214 g/mol. The van der Waals surface area contributed by atoms with E-state index in [-0.39, 0.29) is 11.7 Å². The summed E-state index contributed by atoms with van der Waals surface area (Å²) in [5.41, 5.74) is 0.235. The molecular weight excluding hydrogens is 202 g/mol. The molecule has 1 aromatic rings.